The van der Waals surface area contributed by atoms with Crippen LogP contribution in [0.1, 0.15) is 75.1 Å². The summed E-state index contributed by atoms with van der Waals surface area (Å²) in [5, 5.41) is 7.44. The zero-order valence-electron chi connectivity index (χ0n) is 24.4. The second kappa shape index (κ2) is 12.2. The van der Waals surface area contributed by atoms with Crippen LogP contribution in [0.15, 0.2) is 54.7 Å². The Morgan fingerprint density at radius 2 is 1.84 bits per heavy atom. The number of pyridine rings is 1. The molecule has 0 aliphatic heterocycles. The van der Waals surface area contributed by atoms with Crippen molar-refractivity contribution >= 4 is 17.8 Å². The third-order valence-corrected chi connectivity index (χ3v) is 8.38. The van der Waals surface area contributed by atoms with Gasteiger partial charge in [-0.25, -0.2) is 18.0 Å². The van der Waals surface area contributed by atoms with Crippen LogP contribution in [0.3, 0.4) is 0 Å². The third-order valence-electron chi connectivity index (χ3n) is 8.38. The van der Waals surface area contributed by atoms with Crippen molar-refractivity contribution in [3.63, 3.8) is 0 Å². The fourth-order valence-electron chi connectivity index (χ4n) is 6.45. The lowest BCUT2D eigenvalue weighted by atomic mass is 9.64. The van der Waals surface area contributed by atoms with Gasteiger partial charge in [-0.15, -0.1) is 0 Å². The maximum absolute atomic E-state index is 14.3. The second-order valence-electron chi connectivity index (χ2n) is 11.4. The summed E-state index contributed by atoms with van der Waals surface area (Å²) in [6.45, 7) is 1.68. The molecule has 9 nitrogen and oxygen atoms in total. The molecular formula is C33H30F3N5O4. The first-order valence-electron chi connectivity index (χ1n) is 14.7. The third kappa shape index (κ3) is 6.04. The van der Waals surface area contributed by atoms with E-state index in [4.69, 9.17) is 10.5 Å². The van der Waals surface area contributed by atoms with E-state index in [1.165, 1.54) is 18.3 Å². The highest BCUT2D eigenvalue weighted by atomic mass is 19.1. The molecule has 2 aromatic carbocycles. The Hall–Kier alpha value is -5.00. The van der Waals surface area contributed by atoms with E-state index < -0.39 is 41.3 Å². The van der Waals surface area contributed by atoms with Crippen molar-refractivity contribution < 1.29 is 32.3 Å². The molecule has 2 aromatic heterocycles. The predicted octanol–water partition coefficient (Wildman–Crippen LogP) is 4.79. The number of carbonyl (C=O) groups excluding carboxylic acids is 3. The molecule has 1 atom stereocenters. The molecule has 4 aromatic rings. The number of carbonyl (C=O) groups is 3. The molecule has 3 aliphatic rings. The van der Waals surface area contributed by atoms with E-state index in [1.54, 1.807) is 23.7 Å². The minimum Gasteiger partial charge on any atom is -0.461 e. The van der Waals surface area contributed by atoms with Gasteiger partial charge in [0.2, 0.25) is 5.91 Å². The molecule has 232 valence electrons. The van der Waals surface area contributed by atoms with Crippen LogP contribution in [-0.2, 0) is 28.9 Å². The number of primary amides is 1. The lowest BCUT2D eigenvalue weighted by molar-refractivity contribution is -0.122. The Balaban J connectivity index is 1.36. The van der Waals surface area contributed by atoms with Crippen molar-refractivity contribution in [2.24, 2.45) is 11.7 Å². The van der Waals surface area contributed by atoms with E-state index in [-0.39, 0.29) is 42.3 Å². The number of nitrogens with zero attached hydrogens (tertiary/aromatic N) is 3. The molecular weight excluding hydrogens is 587 g/mol. The Labute approximate surface area is 256 Å². The molecule has 2 bridgehead atoms. The van der Waals surface area contributed by atoms with E-state index in [0.29, 0.717) is 29.2 Å². The van der Waals surface area contributed by atoms with Crippen molar-refractivity contribution in [3.05, 3.63) is 106 Å². The molecule has 3 N–H and O–H groups in total. The summed E-state index contributed by atoms with van der Waals surface area (Å²) >= 11 is 0. The van der Waals surface area contributed by atoms with Gasteiger partial charge in [0.1, 0.15) is 24.0 Å². The number of nitrogens with two attached hydrogens (primary N) is 1. The summed E-state index contributed by atoms with van der Waals surface area (Å²) in [5.74, 6) is -3.66. The summed E-state index contributed by atoms with van der Waals surface area (Å²) in [5.41, 5.74) is 8.34. The summed E-state index contributed by atoms with van der Waals surface area (Å²) in [6, 6.07) is 9.31. The van der Waals surface area contributed by atoms with Crippen LogP contribution in [0.25, 0.3) is 11.1 Å². The van der Waals surface area contributed by atoms with Crippen LogP contribution in [-0.4, -0.2) is 39.2 Å². The van der Waals surface area contributed by atoms with E-state index in [2.05, 4.69) is 15.4 Å². The van der Waals surface area contributed by atoms with E-state index in [0.717, 1.165) is 48.4 Å². The van der Waals surface area contributed by atoms with Crippen LogP contribution >= 0.6 is 0 Å². The quantitative estimate of drug-likeness (QED) is 0.246. The van der Waals surface area contributed by atoms with Crippen LogP contribution < -0.4 is 11.1 Å². The molecule has 1 fully saturated rings. The molecule has 0 radical (unpaired) electrons. The summed E-state index contributed by atoms with van der Waals surface area (Å²) in [4.78, 5) is 42.7. The molecule has 0 spiro atoms. The van der Waals surface area contributed by atoms with Crippen molar-refractivity contribution in [2.45, 2.75) is 51.1 Å². The highest BCUT2D eigenvalue weighted by Crippen LogP contribution is 2.50. The Kier molecular flexibility index (Phi) is 8.13. The minimum atomic E-state index is -0.956. The molecule has 12 heteroatoms. The normalized spacial score (nSPS) is 17.2. The van der Waals surface area contributed by atoms with Gasteiger partial charge in [0.25, 0.3) is 5.91 Å². The van der Waals surface area contributed by atoms with Gasteiger partial charge < -0.3 is 15.8 Å². The lowest BCUT2D eigenvalue weighted by Gasteiger charge is -2.41. The van der Waals surface area contributed by atoms with E-state index in [1.807, 2.05) is 0 Å². The smallest absolute Gasteiger partial charge is 0.359 e. The van der Waals surface area contributed by atoms with Crippen LogP contribution in [0.5, 0.6) is 0 Å². The number of hydrogen-bond donors (Lipinski definition) is 2. The first kappa shape index (κ1) is 30.0. The van der Waals surface area contributed by atoms with Crippen molar-refractivity contribution in [3.8, 4) is 11.1 Å². The van der Waals surface area contributed by atoms with Gasteiger partial charge in [-0.05, 0) is 80.0 Å². The van der Waals surface area contributed by atoms with Gasteiger partial charge in [-0.3, -0.25) is 19.3 Å². The molecule has 2 heterocycles. The SMILES string of the molecule is CCOC(=O)c1nn(CC(=O)N[C@@H](Cc2cc(F)cc(F)c2)c2ncccc2-c2ccc(F)c(C(N)=O)c2)c2c1CC1CC2C1. The Bertz CT molecular complexity index is 1800. The molecule has 7 rings (SSSR count). The fourth-order valence-corrected chi connectivity index (χ4v) is 6.45. The Morgan fingerprint density at radius 1 is 1.09 bits per heavy atom. The van der Waals surface area contributed by atoms with Gasteiger partial charge in [0.05, 0.1) is 23.9 Å². The van der Waals surface area contributed by atoms with Gasteiger partial charge in [0, 0.05) is 35.0 Å². The van der Waals surface area contributed by atoms with Gasteiger partial charge in [-0.2, -0.15) is 5.10 Å². The lowest BCUT2D eigenvalue weighted by Crippen LogP contribution is -2.36. The van der Waals surface area contributed by atoms with E-state index in [9.17, 15) is 27.6 Å². The second-order valence-corrected chi connectivity index (χ2v) is 11.4. The van der Waals surface area contributed by atoms with Crippen molar-refractivity contribution in [1.82, 2.24) is 20.1 Å². The monoisotopic (exact) mass is 617 g/mol. The molecule has 3 aliphatic carbocycles. The molecule has 45 heavy (non-hydrogen) atoms. The number of halogens is 3. The minimum absolute atomic E-state index is 0.0517. The van der Waals surface area contributed by atoms with Crippen LogP contribution in [0.4, 0.5) is 13.2 Å². The van der Waals surface area contributed by atoms with Crippen molar-refractivity contribution in [1.29, 1.82) is 0 Å². The number of nitrogens with one attached hydrogen (secondary N) is 1. The summed E-state index contributed by atoms with van der Waals surface area (Å²) in [6.07, 6.45) is 4.05. The number of rotatable bonds is 10. The first-order valence-corrected chi connectivity index (χ1v) is 14.7. The van der Waals surface area contributed by atoms with Crippen LogP contribution in [0, 0.1) is 23.4 Å². The predicted molar refractivity (Wildman–Crippen MR) is 156 cm³/mol. The number of aromatic nitrogens is 3. The average molecular weight is 618 g/mol. The zero-order chi connectivity index (χ0) is 31.8. The average Bonchev–Trinajstić information content (AvgIpc) is 3.35. The number of benzene rings is 2. The number of esters is 1. The molecule has 1 saturated carbocycles. The fraction of sp³-hybridized carbons (Fsp3) is 0.303. The summed E-state index contributed by atoms with van der Waals surface area (Å²) in [7, 11) is 0. The van der Waals surface area contributed by atoms with Gasteiger partial charge >= 0.3 is 5.97 Å². The largest absolute Gasteiger partial charge is 0.461 e. The number of hydrogen-bond acceptors (Lipinski definition) is 6. The first-order chi connectivity index (χ1) is 21.6. The highest BCUT2D eigenvalue weighted by molar-refractivity contribution is 5.94. The summed E-state index contributed by atoms with van der Waals surface area (Å²) < 4.78 is 49.4. The topological polar surface area (TPSA) is 129 Å². The maximum atomic E-state index is 14.3. The van der Waals surface area contributed by atoms with Gasteiger partial charge in [-0.1, -0.05) is 12.1 Å². The number of ether oxygens (including phenoxy) is 1. The van der Waals surface area contributed by atoms with Crippen molar-refractivity contribution in [2.75, 3.05) is 6.61 Å². The highest BCUT2D eigenvalue weighted by Gasteiger charge is 2.43. The van der Waals surface area contributed by atoms with Gasteiger partial charge in [0.15, 0.2) is 5.69 Å². The van der Waals surface area contributed by atoms with E-state index >= 15 is 0 Å². The molecule has 0 saturated heterocycles. The Morgan fingerprint density at radius 3 is 2.56 bits per heavy atom. The van der Waals surface area contributed by atoms with Crippen LogP contribution in [0.2, 0.25) is 0 Å². The zero-order valence-corrected chi connectivity index (χ0v) is 24.4. The standard InChI is InChI=1S/C33H30F3N5O4/c1-2-45-33(44)30-25-12-17-8-20(9-17)31(25)41(40-30)16-28(42)39-27(13-18-10-21(34)15-22(35)11-18)29-23(4-3-7-38-29)19-5-6-26(36)24(14-19)32(37)43/h3-7,10-11,14-15,17,20,27H,2,8-9,12-13,16H2,1H3,(H2,37,43)(H,39,42)/t17?,20?,27-/m0/s1. The number of amides is 2. The molecule has 0 unspecified atom stereocenters. The molecule has 2 amide bonds. The maximum Gasteiger partial charge on any atom is 0.359 e.